The van der Waals surface area contributed by atoms with Gasteiger partial charge in [0.25, 0.3) is 0 Å². The molecule has 0 amide bonds. The largest absolute Gasteiger partial charge is 0.382 e. The van der Waals surface area contributed by atoms with Crippen LogP contribution in [0, 0.1) is 0 Å². The third kappa shape index (κ3) is 43.6. The minimum atomic E-state index is -3.40. The molecule has 0 saturated carbocycles. The monoisotopic (exact) mass is 1180 g/mol. The topological polar surface area (TPSA) is 149 Å². The first kappa shape index (κ1) is 82.0. The summed E-state index contributed by atoms with van der Waals surface area (Å²) in [7, 11) is 0. The van der Waals surface area contributed by atoms with Crippen molar-refractivity contribution in [2.45, 2.75) is 436 Å². The molecule has 4 atom stereocenters. The summed E-state index contributed by atoms with van der Waals surface area (Å²) in [4.78, 5) is 57.4. The molecule has 0 radical (unpaired) electrons. The number of hydrogen-bond donors (Lipinski definition) is 4. The van der Waals surface area contributed by atoms with Gasteiger partial charge in [-0.05, 0) is 77.0 Å². The molecule has 0 aliphatic rings. The van der Waals surface area contributed by atoms with Crippen LogP contribution in [0.4, 0.5) is 0 Å². The molecular formula is C76H142O8. The first-order chi connectivity index (χ1) is 41.0. The summed E-state index contributed by atoms with van der Waals surface area (Å²) in [6.07, 6.45) is 64.5. The highest BCUT2D eigenvalue weighted by Gasteiger charge is 2.68. The van der Waals surface area contributed by atoms with Crippen molar-refractivity contribution < 1.29 is 39.6 Å². The zero-order valence-corrected chi connectivity index (χ0v) is 56.3. The minimum Gasteiger partial charge on any atom is -0.382 e. The summed E-state index contributed by atoms with van der Waals surface area (Å²) in [6.45, 7) is 8.99. The van der Waals surface area contributed by atoms with E-state index in [0.717, 1.165) is 116 Å². The van der Waals surface area contributed by atoms with Gasteiger partial charge in [0.2, 0.25) is 0 Å². The van der Waals surface area contributed by atoms with Crippen LogP contribution >= 0.6 is 0 Å². The molecule has 494 valence electrons. The summed E-state index contributed by atoms with van der Waals surface area (Å²) in [5, 5.41) is 49.6. The van der Waals surface area contributed by atoms with Crippen LogP contribution in [-0.2, 0) is 19.2 Å². The number of rotatable bonds is 69. The molecule has 0 aliphatic heterocycles. The maximum Gasteiger partial charge on any atom is 0.195 e. The van der Waals surface area contributed by atoms with Gasteiger partial charge in [-0.1, -0.05) is 335 Å². The van der Waals surface area contributed by atoms with Crippen LogP contribution in [0.3, 0.4) is 0 Å². The number of aliphatic hydroxyl groups excluding tert-OH is 2. The lowest BCUT2D eigenvalue weighted by atomic mass is 9.66. The SMILES string of the molecule is CCCCCCCC/C=C\CCCCCCCC(=O)[C@@](O)(C(O)C(=O)CCCCCCCCCCCCCCCCC)[C@](O)(C(=O)CCCCCCC/C=C\CCCCCCCC)C(O)C(=O)CCCCCCCCCCCCCCCCC. The van der Waals surface area contributed by atoms with Crippen LogP contribution in [0.15, 0.2) is 24.3 Å². The molecule has 2 unspecified atom stereocenters. The summed E-state index contributed by atoms with van der Waals surface area (Å²) < 4.78 is 0. The van der Waals surface area contributed by atoms with Gasteiger partial charge in [-0.15, -0.1) is 0 Å². The summed E-state index contributed by atoms with van der Waals surface area (Å²) in [5.41, 5.74) is -6.80. The number of ketones is 4. The second kappa shape index (κ2) is 61.2. The fourth-order valence-electron chi connectivity index (χ4n) is 12.3. The van der Waals surface area contributed by atoms with E-state index >= 15 is 0 Å². The number of unbranched alkanes of at least 4 members (excludes halogenated alkanes) is 50. The lowest BCUT2D eigenvalue weighted by Gasteiger charge is -2.45. The molecule has 0 heterocycles. The van der Waals surface area contributed by atoms with Gasteiger partial charge >= 0.3 is 0 Å². The van der Waals surface area contributed by atoms with E-state index in [1.54, 1.807) is 0 Å². The summed E-state index contributed by atoms with van der Waals surface area (Å²) >= 11 is 0. The zero-order valence-electron chi connectivity index (χ0n) is 56.3. The normalized spacial score (nSPS) is 14.1. The van der Waals surface area contributed by atoms with Crippen molar-refractivity contribution >= 4 is 23.1 Å². The standard InChI is InChI=1S/C76H142O8/c1-5-9-13-17-21-25-29-33-37-41-45-49-53-57-61-65-69(77)73(81)75(83,71(79)67-63-59-55-51-47-43-39-35-31-27-23-19-15-11-7-3)76(84,72(80)68-64-60-56-52-48-44-40-36-32-28-24-20-16-12-8-4)74(82)70(78)66-62-58-54-50-46-42-38-34-30-26-22-18-14-10-6-2/h35-36,39-40,73-74,81-84H,5-34,37-38,41-68H2,1-4H3/b39-35-,40-36-/t73?,74?,75-,76+. The number of aliphatic hydroxyl groups is 4. The summed E-state index contributed by atoms with van der Waals surface area (Å²) in [5.74, 6) is -3.87. The van der Waals surface area contributed by atoms with Crippen molar-refractivity contribution in [3.63, 3.8) is 0 Å². The molecule has 8 heteroatoms. The van der Waals surface area contributed by atoms with Gasteiger partial charge in [0.05, 0.1) is 0 Å². The maximum absolute atomic E-state index is 14.6. The van der Waals surface area contributed by atoms with E-state index in [1.165, 1.54) is 205 Å². The first-order valence-electron chi connectivity index (χ1n) is 37.2. The average Bonchev–Trinajstić information content (AvgIpc) is 1.13. The first-order valence-corrected chi connectivity index (χ1v) is 37.2. The van der Waals surface area contributed by atoms with E-state index in [9.17, 15) is 39.6 Å². The van der Waals surface area contributed by atoms with Crippen molar-refractivity contribution in [2.75, 3.05) is 0 Å². The van der Waals surface area contributed by atoms with Gasteiger partial charge in [0.15, 0.2) is 46.5 Å². The van der Waals surface area contributed by atoms with Gasteiger partial charge in [-0.25, -0.2) is 0 Å². The average molecular weight is 1180 g/mol. The van der Waals surface area contributed by atoms with Crippen LogP contribution < -0.4 is 0 Å². The predicted molar refractivity (Wildman–Crippen MR) is 360 cm³/mol. The van der Waals surface area contributed by atoms with Crippen LogP contribution in [-0.4, -0.2) is 67.0 Å². The Bertz CT molecular complexity index is 1430. The Balaban J connectivity index is 5.98. The molecule has 8 nitrogen and oxygen atoms in total. The Hall–Kier alpha value is -2.00. The number of hydrogen-bond acceptors (Lipinski definition) is 8. The number of carbonyl (C=O) groups is 4. The molecule has 0 fully saturated rings. The fourth-order valence-corrected chi connectivity index (χ4v) is 12.3. The van der Waals surface area contributed by atoms with Crippen LogP contribution in [0.1, 0.15) is 413 Å². The van der Waals surface area contributed by atoms with Crippen LogP contribution in [0.5, 0.6) is 0 Å². The van der Waals surface area contributed by atoms with Crippen molar-refractivity contribution in [3.8, 4) is 0 Å². The quantitative estimate of drug-likeness (QED) is 0.0347. The second-order valence-corrected chi connectivity index (χ2v) is 26.2. The molecule has 0 saturated heterocycles. The zero-order chi connectivity index (χ0) is 61.7. The molecule has 0 aromatic rings. The van der Waals surface area contributed by atoms with E-state index < -0.39 is 46.5 Å². The highest BCUT2D eigenvalue weighted by molar-refractivity contribution is 6.07. The van der Waals surface area contributed by atoms with Crippen molar-refractivity contribution in [1.29, 1.82) is 0 Å². The van der Waals surface area contributed by atoms with Gasteiger partial charge in [-0.3, -0.25) is 19.2 Å². The Labute approximate surface area is 521 Å². The number of carbonyl (C=O) groups excluding carboxylic acids is 4. The van der Waals surface area contributed by atoms with E-state index in [-0.39, 0.29) is 25.7 Å². The molecule has 0 rings (SSSR count). The van der Waals surface area contributed by atoms with E-state index in [2.05, 4.69) is 52.0 Å². The molecule has 0 aromatic heterocycles. The van der Waals surface area contributed by atoms with Crippen LogP contribution in [0.25, 0.3) is 0 Å². The molecular weight excluding hydrogens is 1040 g/mol. The van der Waals surface area contributed by atoms with E-state index in [1.807, 2.05) is 0 Å². The fraction of sp³-hybridized carbons (Fsp3) is 0.895. The minimum absolute atomic E-state index is 0.163. The molecule has 0 bridgehead atoms. The van der Waals surface area contributed by atoms with Crippen molar-refractivity contribution in [1.82, 2.24) is 0 Å². The Kier molecular flexibility index (Phi) is 59.8. The third-order valence-corrected chi connectivity index (χ3v) is 18.2. The molecule has 0 spiro atoms. The Morgan fingerprint density at radius 3 is 0.595 bits per heavy atom. The highest BCUT2D eigenvalue weighted by Crippen LogP contribution is 2.37. The Morgan fingerprint density at radius 2 is 0.405 bits per heavy atom. The Morgan fingerprint density at radius 1 is 0.250 bits per heavy atom. The smallest absolute Gasteiger partial charge is 0.195 e. The molecule has 0 aromatic carbocycles. The highest BCUT2D eigenvalue weighted by atomic mass is 16.4. The van der Waals surface area contributed by atoms with Crippen molar-refractivity contribution in [2.24, 2.45) is 0 Å². The molecule has 4 N–H and O–H groups in total. The molecule has 0 aliphatic carbocycles. The van der Waals surface area contributed by atoms with Crippen LogP contribution in [0.2, 0.25) is 0 Å². The lowest BCUT2D eigenvalue weighted by Crippen LogP contribution is -2.76. The third-order valence-electron chi connectivity index (χ3n) is 18.2. The lowest BCUT2D eigenvalue weighted by molar-refractivity contribution is -0.226. The second-order valence-electron chi connectivity index (χ2n) is 26.2. The predicted octanol–water partition coefficient (Wildman–Crippen LogP) is 22.0. The van der Waals surface area contributed by atoms with E-state index in [0.29, 0.717) is 38.5 Å². The van der Waals surface area contributed by atoms with E-state index in [4.69, 9.17) is 0 Å². The maximum atomic E-state index is 14.6. The van der Waals surface area contributed by atoms with Gasteiger partial charge < -0.3 is 20.4 Å². The number of Topliss-reactive ketones (excluding diaryl/α,β-unsaturated/α-hetero) is 4. The van der Waals surface area contributed by atoms with Gasteiger partial charge in [0, 0.05) is 25.7 Å². The molecule has 84 heavy (non-hydrogen) atoms. The van der Waals surface area contributed by atoms with Gasteiger partial charge in [0.1, 0.15) is 0 Å². The van der Waals surface area contributed by atoms with Gasteiger partial charge in [-0.2, -0.15) is 0 Å². The summed E-state index contributed by atoms with van der Waals surface area (Å²) in [6, 6.07) is 0. The number of allylic oxidation sites excluding steroid dienone is 4. The van der Waals surface area contributed by atoms with Crippen molar-refractivity contribution in [3.05, 3.63) is 24.3 Å².